The van der Waals surface area contributed by atoms with Gasteiger partial charge in [-0.25, -0.2) is 9.18 Å². The number of nitrogens with one attached hydrogen (secondary N) is 2. The number of anilines is 3. The van der Waals surface area contributed by atoms with Gasteiger partial charge in [0.2, 0.25) is 0 Å². The van der Waals surface area contributed by atoms with Crippen LogP contribution in [0.5, 0.6) is 0 Å². The van der Waals surface area contributed by atoms with Gasteiger partial charge in [0.1, 0.15) is 21.9 Å². The van der Waals surface area contributed by atoms with Gasteiger partial charge in [-0.15, -0.1) is 0 Å². The molecule has 0 fully saturated rings. The predicted octanol–water partition coefficient (Wildman–Crippen LogP) is 6.15. The van der Waals surface area contributed by atoms with Crippen LogP contribution in [-0.2, 0) is 6.42 Å². The summed E-state index contributed by atoms with van der Waals surface area (Å²) in [5.74, 6) is -0.853. The normalized spacial score (nSPS) is 12.6. The lowest BCUT2D eigenvalue weighted by Gasteiger charge is -2.26. The summed E-state index contributed by atoms with van der Waals surface area (Å²) in [6.07, 6.45) is 1.27. The number of para-hydroxylation sites is 1. The van der Waals surface area contributed by atoms with Gasteiger partial charge < -0.3 is 10.6 Å². The van der Waals surface area contributed by atoms with Crippen molar-refractivity contribution in [3.05, 3.63) is 89.2 Å². The number of nitriles is 1. The number of nitrogens with zero attached hydrogens (tertiary/aromatic N) is 2. The second-order valence-corrected chi connectivity index (χ2v) is 8.85. The molecule has 6 nitrogen and oxygen atoms in total. The zero-order chi connectivity index (χ0) is 23.7. The Hall–Kier alpha value is -4.22. The molecule has 0 radical (unpaired) electrons. The average molecular weight is 471 g/mol. The Morgan fingerprint density at radius 2 is 1.76 bits per heavy atom. The van der Waals surface area contributed by atoms with Gasteiger partial charge in [-0.2, -0.15) is 5.26 Å². The minimum atomic E-state index is -0.528. The molecular formula is C26H19FN4O2S. The predicted molar refractivity (Wildman–Crippen MR) is 132 cm³/mol. The number of rotatable bonds is 3. The molecule has 0 bridgehead atoms. The Morgan fingerprint density at radius 1 is 1.00 bits per heavy atom. The van der Waals surface area contributed by atoms with Crippen molar-refractivity contribution >= 4 is 49.7 Å². The molecule has 0 spiro atoms. The van der Waals surface area contributed by atoms with Crippen molar-refractivity contribution in [1.82, 2.24) is 0 Å². The molecule has 4 aromatic rings. The maximum atomic E-state index is 14.0. The van der Waals surface area contributed by atoms with Crippen molar-refractivity contribution in [2.75, 3.05) is 22.1 Å². The van der Waals surface area contributed by atoms with Gasteiger partial charge in [-0.1, -0.05) is 59.9 Å². The first-order valence-corrected chi connectivity index (χ1v) is 11.6. The first-order chi connectivity index (χ1) is 16.6. The molecule has 0 aliphatic carbocycles. The Morgan fingerprint density at radius 3 is 2.59 bits per heavy atom. The maximum Gasteiger partial charge on any atom is 0.327 e. The van der Waals surface area contributed by atoms with Crippen molar-refractivity contribution in [2.24, 2.45) is 0 Å². The number of fused-ring (bicyclic) bond motifs is 2. The number of benzene rings is 3. The van der Waals surface area contributed by atoms with E-state index in [4.69, 9.17) is 0 Å². The number of thiophene rings is 1. The van der Waals surface area contributed by atoms with Gasteiger partial charge in [0.05, 0.1) is 11.3 Å². The van der Waals surface area contributed by atoms with Crippen LogP contribution in [0.4, 0.5) is 24.9 Å². The topological polar surface area (TPSA) is 85.2 Å². The molecule has 2 N–H and O–H groups in total. The van der Waals surface area contributed by atoms with Crippen LogP contribution < -0.4 is 15.5 Å². The van der Waals surface area contributed by atoms with E-state index in [0.717, 1.165) is 16.3 Å². The summed E-state index contributed by atoms with van der Waals surface area (Å²) >= 11 is 1.18. The molecule has 8 heteroatoms. The molecule has 3 aromatic carbocycles. The van der Waals surface area contributed by atoms with E-state index in [1.165, 1.54) is 28.4 Å². The molecule has 1 aromatic heterocycles. The van der Waals surface area contributed by atoms with E-state index in [1.54, 1.807) is 18.2 Å². The van der Waals surface area contributed by atoms with Gasteiger partial charge in [0.25, 0.3) is 5.91 Å². The highest BCUT2D eigenvalue weighted by Gasteiger charge is 2.30. The number of amides is 3. The first-order valence-electron chi connectivity index (χ1n) is 10.7. The Balaban J connectivity index is 1.46. The molecule has 0 atom stereocenters. The van der Waals surface area contributed by atoms with E-state index in [9.17, 15) is 19.2 Å². The fraction of sp³-hybridized carbons (Fsp3) is 0.115. The number of urea groups is 1. The third-order valence-corrected chi connectivity index (χ3v) is 6.94. The zero-order valence-corrected chi connectivity index (χ0v) is 18.8. The van der Waals surface area contributed by atoms with E-state index < -0.39 is 11.8 Å². The van der Waals surface area contributed by atoms with E-state index in [2.05, 4.69) is 16.7 Å². The van der Waals surface area contributed by atoms with Gasteiger partial charge in [-0.05, 0) is 41.8 Å². The van der Waals surface area contributed by atoms with Crippen LogP contribution in [0.3, 0.4) is 0 Å². The summed E-state index contributed by atoms with van der Waals surface area (Å²) in [5, 5.41) is 18.1. The Bertz CT molecular complexity index is 1470. The molecule has 5 rings (SSSR count). The van der Waals surface area contributed by atoms with E-state index in [-0.39, 0.29) is 11.6 Å². The molecule has 1 aliphatic heterocycles. The molecule has 0 unspecified atom stereocenters. The summed E-state index contributed by atoms with van der Waals surface area (Å²) in [7, 11) is 0. The maximum absolute atomic E-state index is 14.0. The van der Waals surface area contributed by atoms with Crippen LogP contribution in [0.25, 0.3) is 10.8 Å². The molecule has 3 amide bonds. The van der Waals surface area contributed by atoms with Crippen LogP contribution in [-0.4, -0.2) is 18.5 Å². The highest BCUT2D eigenvalue weighted by Crippen LogP contribution is 2.43. The van der Waals surface area contributed by atoms with E-state index in [0.29, 0.717) is 40.5 Å². The lowest BCUT2D eigenvalue weighted by molar-refractivity contribution is 0.102. The van der Waals surface area contributed by atoms with E-state index in [1.807, 2.05) is 36.4 Å². The van der Waals surface area contributed by atoms with Crippen molar-refractivity contribution in [2.45, 2.75) is 12.8 Å². The standard InChI is InChI=1S/C26H19FN4O2S/c27-21-12-3-4-13-22(21)29-26(33)31-14-6-11-19-20(15-28)24(34-25(19)31)30-23(32)18-10-5-8-16-7-1-2-9-17(16)18/h1-5,7-10,12-13H,6,11,14H2,(H,29,33)(H,30,32). The second-order valence-electron chi connectivity index (χ2n) is 7.85. The lowest BCUT2D eigenvalue weighted by Crippen LogP contribution is -2.38. The van der Waals surface area contributed by atoms with Gasteiger partial charge in [-0.3, -0.25) is 9.69 Å². The summed E-state index contributed by atoms with van der Waals surface area (Å²) in [6.45, 7) is 0.426. The molecule has 2 heterocycles. The van der Waals surface area contributed by atoms with Crippen molar-refractivity contribution in [3.63, 3.8) is 0 Å². The van der Waals surface area contributed by atoms with Crippen LogP contribution in [0, 0.1) is 17.1 Å². The molecular weight excluding hydrogens is 451 g/mol. The van der Waals surface area contributed by atoms with Gasteiger partial charge in [0, 0.05) is 17.7 Å². The van der Waals surface area contributed by atoms with Crippen LogP contribution in [0.1, 0.15) is 27.9 Å². The van der Waals surface area contributed by atoms with Crippen LogP contribution in [0.15, 0.2) is 66.7 Å². The number of halogens is 1. The Labute approximate surface area is 199 Å². The molecule has 34 heavy (non-hydrogen) atoms. The minimum absolute atomic E-state index is 0.0844. The van der Waals surface area contributed by atoms with Crippen LogP contribution in [0.2, 0.25) is 0 Å². The summed E-state index contributed by atoms with van der Waals surface area (Å²) < 4.78 is 14.0. The highest BCUT2D eigenvalue weighted by molar-refractivity contribution is 7.20. The van der Waals surface area contributed by atoms with Gasteiger partial charge in [0.15, 0.2) is 0 Å². The molecule has 1 aliphatic rings. The number of hydrogen-bond donors (Lipinski definition) is 2. The Kier molecular flexibility index (Phi) is 5.70. The van der Waals surface area contributed by atoms with Gasteiger partial charge >= 0.3 is 6.03 Å². The third-order valence-electron chi connectivity index (χ3n) is 5.77. The highest BCUT2D eigenvalue weighted by atomic mass is 32.1. The third kappa shape index (κ3) is 3.87. The number of hydrogen-bond acceptors (Lipinski definition) is 4. The quantitative estimate of drug-likeness (QED) is 0.377. The monoisotopic (exact) mass is 470 g/mol. The van der Waals surface area contributed by atoms with Crippen LogP contribution >= 0.6 is 11.3 Å². The van der Waals surface area contributed by atoms with Crippen molar-refractivity contribution < 1.29 is 14.0 Å². The van der Waals surface area contributed by atoms with E-state index >= 15 is 0 Å². The summed E-state index contributed by atoms with van der Waals surface area (Å²) in [6, 6.07) is 20.7. The summed E-state index contributed by atoms with van der Waals surface area (Å²) in [4.78, 5) is 27.6. The second kappa shape index (κ2) is 8.96. The average Bonchev–Trinajstić information content (AvgIpc) is 3.21. The fourth-order valence-corrected chi connectivity index (χ4v) is 5.38. The molecule has 0 saturated carbocycles. The summed E-state index contributed by atoms with van der Waals surface area (Å²) in [5.41, 5.74) is 1.66. The molecule has 168 valence electrons. The number of carbonyl (C=O) groups is 2. The minimum Gasteiger partial charge on any atom is -0.312 e. The SMILES string of the molecule is N#Cc1c(NC(=O)c2cccc3ccccc23)sc2c1CCCN2C(=O)Nc1ccccc1F. The first kappa shape index (κ1) is 21.6. The smallest absolute Gasteiger partial charge is 0.312 e. The fourth-order valence-electron chi connectivity index (χ4n) is 4.16. The van der Waals surface area contributed by atoms with Crippen molar-refractivity contribution in [1.29, 1.82) is 5.26 Å². The lowest BCUT2D eigenvalue weighted by atomic mass is 10.0. The van der Waals surface area contributed by atoms with Crippen molar-refractivity contribution in [3.8, 4) is 6.07 Å². The molecule has 0 saturated heterocycles. The number of carbonyl (C=O) groups excluding carboxylic acids is 2. The zero-order valence-electron chi connectivity index (χ0n) is 18.0. The largest absolute Gasteiger partial charge is 0.327 e.